The van der Waals surface area contributed by atoms with Crippen LogP contribution >= 0.6 is 11.3 Å². The summed E-state index contributed by atoms with van der Waals surface area (Å²) >= 11 is 1.60. The quantitative estimate of drug-likeness (QED) is 0.810. The van der Waals surface area contributed by atoms with Crippen LogP contribution < -0.4 is 5.32 Å². The molecule has 0 fully saturated rings. The van der Waals surface area contributed by atoms with E-state index in [0.717, 1.165) is 5.01 Å². The lowest BCUT2D eigenvalue weighted by molar-refractivity contribution is -0.120. The first-order chi connectivity index (χ1) is 6.61. The zero-order chi connectivity index (χ0) is 10.6. The number of nitrogens with one attached hydrogen (secondary N) is 1. The van der Waals surface area contributed by atoms with Gasteiger partial charge in [0.25, 0.3) is 0 Å². The fraction of sp³-hybridized carbons (Fsp3) is 0.600. The van der Waals surface area contributed by atoms with Crippen molar-refractivity contribution in [2.45, 2.75) is 33.4 Å². The molecule has 0 bridgehead atoms. The van der Waals surface area contributed by atoms with E-state index in [9.17, 15) is 4.79 Å². The molecule has 1 unspecified atom stereocenters. The molecule has 0 aliphatic heterocycles. The van der Waals surface area contributed by atoms with Gasteiger partial charge in [0.2, 0.25) is 0 Å². The molecule has 0 amide bonds. The smallest absolute Gasteiger partial charge is 0.146 e. The van der Waals surface area contributed by atoms with Gasteiger partial charge in [-0.25, -0.2) is 4.98 Å². The summed E-state index contributed by atoms with van der Waals surface area (Å²) < 4.78 is 0. The molecule has 0 spiro atoms. The lowest BCUT2D eigenvalue weighted by Gasteiger charge is -2.18. The van der Waals surface area contributed by atoms with Crippen LogP contribution in [0.1, 0.15) is 25.8 Å². The maximum Gasteiger partial charge on any atom is 0.146 e. The molecule has 4 heteroatoms. The van der Waals surface area contributed by atoms with Crippen molar-refractivity contribution in [3.8, 4) is 0 Å². The molecule has 0 aliphatic rings. The molecule has 1 aromatic heterocycles. The third-order valence-corrected chi connectivity index (χ3v) is 2.84. The van der Waals surface area contributed by atoms with Crippen molar-refractivity contribution in [1.82, 2.24) is 10.3 Å². The van der Waals surface area contributed by atoms with Crippen molar-refractivity contribution >= 4 is 17.1 Å². The van der Waals surface area contributed by atoms with Gasteiger partial charge in [0, 0.05) is 18.1 Å². The number of rotatable bonds is 5. The molecule has 0 radical (unpaired) electrons. The van der Waals surface area contributed by atoms with Crippen LogP contribution in [0, 0.1) is 5.92 Å². The highest BCUT2D eigenvalue weighted by atomic mass is 32.1. The fourth-order valence-electron chi connectivity index (χ4n) is 1.39. The predicted octanol–water partition coefficient (Wildman–Crippen LogP) is 1.85. The summed E-state index contributed by atoms with van der Waals surface area (Å²) in [7, 11) is 0. The molecule has 1 rings (SSSR count). The van der Waals surface area contributed by atoms with Gasteiger partial charge in [-0.1, -0.05) is 13.8 Å². The third kappa shape index (κ3) is 3.20. The molecule has 0 saturated carbocycles. The first-order valence-electron chi connectivity index (χ1n) is 4.73. The molecule has 3 nitrogen and oxygen atoms in total. The highest BCUT2D eigenvalue weighted by Crippen LogP contribution is 2.07. The van der Waals surface area contributed by atoms with E-state index in [0.29, 0.717) is 12.5 Å². The fourth-order valence-corrected chi connectivity index (χ4v) is 1.95. The number of nitrogens with zero attached hydrogens (tertiary/aromatic N) is 1. The van der Waals surface area contributed by atoms with Crippen LogP contribution in [0.4, 0.5) is 0 Å². The topological polar surface area (TPSA) is 42.0 Å². The second-order valence-corrected chi connectivity index (χ2v) is 4.62. The second kappa shape index (κ2) is 5.22. The van der Waals surface area contributed by atoms with E-state index in [-0.39, 0.29) is 11.8 Å². The van der Waals surface area contributed by atoms with E-state index in [1.165, 1.54) is 0 Å². The van der Waals surface area contributed by atoms with E-state index in [4.69, 9.17) is 0 Å². The maximum atomic E-state index is 11.3. The molecule has 1 heterocycles. The standard InChI is InChI=1S/C10H16N2OS/c1-7(2)10(8(3)13)12-6-9-11-4-5-14-9/h4-5,7,10,12H,6H2,1-3H3. The molecule has 14 heavy (non-hydrogen) atoms. The van der Waals surface area contributed by atoms with Crippen LogP contribution in [0.25, 0.3) is 0 Å². The van der Waals surface area contributed by atoms with Gasteiger partial charge in [0.1, 0.15) is 10.8 Å². The summed E-state index contributed by atoms with van der Waals surface area (Å²) in [5, 5.41) is 6.18. The van der Waals surface area contributed by atoms with Crippen molar-refractivity contribution < 1.29 is 4.79 Å². The molecule has 1 aromatic rings. The Hall–Kier alpha value is -0.740. The molecule has 0 saturated heterocycles. The molecule has 0 aromatic carbocycles. The zero-order valence-corrected chi connectivity index (χ0v) is 9.60. The number of carbonyl (C=O) groups excluding carboxylic acids is 1. The average molecular weight is 212 g/mol. The molecular formula is C10H16N2OS. The molecule has 1 N–H and O–H groups in total. The van der Waals surface area contributed by atoms with Crippen LogP contribution in [-0.2, 0) is 11.3 Å². The SMILES string of the molecule is CC(=O)C(NCc1nccs1)C(C)C. The number of ketones is 1. The largest absolute Gasteiger partial charge is 0.301 e. The van der Waals surface area contributed by atoms with Gasteiger partial charge in [-0.3, -0.25) is 4.79 Å². The summed E-state index contributed by atoms with van der Waals surface area (Å²) in [6.45, 7) is 6.39. The number of hydrogen-bond acceptors (Lipinski definition) is 4. The lowest BCUT2D eigenvalue weighted by atomic mass is 10.0. The van der Waals surface area contributed by atoms with E-state index in [2.05, 4.69) is 10.3 Å². The summed E-state index contributed by atoms with van der Waals surface area (Å²) in [6.07, 6.45) is 1.78. The van der Waals surface area contributed by atoms with Gasteiger partial charge in [0.05, 0.1) is 6.04 Å². The monoisotopic (exact) mass is 212 g/mol. The van der Waals surface area contributed by atoms with Crippen LogP contribution in [-0.4, -0.2) is 16.8 Å². The highest BCUT2D eigenvalue weighted by Gasteiger charge is 2.17. The van der Waals surface area contributed by atoms with Crippen molar-refractivity contribution in [3.63, 3.8) is 0 Å². The minimum absolute atomic E-state index is 0.0566. The van der Waals surface area contributed by atoms with Crippen LogP contribution in [0.3, 0.4) is 0 Å². The predicted molar refractivity (Wildman–Crippen MR) is 58.3 cm³/mol. The number of hydrogen-bond donors (Lipinski definition) is 1. The summed E-state index contributed by atoms with van der Waals surface area (Å²) in [5.41, 5.74) is 0. The normalized spacial score (nSPS) is 13.1. The van der Waals surface area contributed by atoms with E-state index in [1.54, 1.807) is 24.5 Å². The molecular weight excluding hydrogens is 196 g/mol. The van der Waals surface area contributed by atoms with Crippen molar-refractivity contribution in [1.29, 1.82) is 0 Å². The van der Waals surface area contributed by atoms with Gasteiger partial charge in [-0.2, -0.15) is 0 Å². The van der Waals surface area contributed by atoms with Crippen LogP contribution in [0.5, 0.6) is 0 Å². The molecule has 78 valence electrons. The number of aromatic nitrogens is 1. The zero-order valence-electron chi connectivity index (χ0n) is 8.78. The Kier molecular flexibility index (Phi) is 4.22. The second-order valence-electron chi connectivity index (χ2n) is 3.64. The van der Waals surface area contributed by atoms with Crippen LogP contribution in [0.15, 0.2) is 11.6 Å². The first kappa shape index (κ1) is 11.3. The van der Waals surface area contributed by atoms with Crippen LogP contribution in [0.2, 0.25) is 0 Å². The Bertz CT molecular complexity index is 282. The van der Waals surface area contributed by atoms with E-state index < -0.39 is 0 Å². The van der Waals surface area contributed by atoms with Crippen molar-refractivity contribution in [2.24, 2.45) is 5.92 Å². The maximum absolute atomic E-state index is 11.3. The number of carbonyl (C=O) groups is 1. The van der Waals surface area contributed by atoms with Gasteiger partial charge in [-0.05, 0) is 12.8 Å². The summed E-state index contributed by atoms with van der Waals surface area (Å²) in [4.78, 5) is 15.4. The average Bonchev–Trinajstić information content (AvgIpc) is 2.55. The minimum Gasteiger partial charge on any atom is -0.301 e. The van der Waals surface area contributed by atoms with E-state index in [1.807, 2.05) is 19.2 Å². The highest BCUT2D eigenvalue weighted by molar-refractivity contribution is 7.09. The van der Waals surface area contributed by atoms with Gasteiger partial charge in [0.15, 0.2) is 0 Å². The Labute approximate surface area is 88.6 Å². The third-order valence-electron chi connectivity index (χ3n) is 2.06. The molecule has 1 atom stereocenters. The number of Topliss-reactive ketones (excluding diaryl/α,β-unsaturated/α-hetero) is 1. The van der Waals surface area contributed by atoms with Gasteiger partial charge < -0.3 is 5.32 Å². The Balaban J connectivity index is 2.45. The van der Waals surface area contributed by atoms with Crippen molar-refractivity contribution in [2.75, 3.05) is 0 Å². The Morgan fingerprint density at radius 3 is 2.79 bits per heavy atom. The summed E-state index contributed by atoms with van der Waals surface area (Å²) in [5.74, 6) is 0.518. The molecule has 0 aliphatic carbocycles. The van der Waals surface area contributed by atoms with E-state index >= 15 is 0 Å². The van der Waals surface area contributed by atoms with Gasteiger partial charge in [-0.15, -0.1) is 11.3 Å². The van der Waals surface area contributed by atoms with Gasteiger partial charge >= 0.3 is 0 Å². The first-order valence-corrected chi connectivity index (χ1v) is 5.61. The summed E-state index contributed by atoms with van der Waals surface area (Å²) in [6, 6.07) is -0.0566. The minimum atomic E-state index is -0.0566. The lowest BCUT2D eigenvalue weighted by Crippen LogP contribution is -2.39. The Morgan fingerprint density at radius 1 is 1.64 bits per heavy atom. The number of thiazole rings is 1. The van der Waals surface area contributed by atoms with Crippen molar-refractivity contribution in [3.05, 3.63) is 16.6 Å². The Morgan fingerprint density at radius 2 is 2.36 bits per heavy atom.